The number of aryl methyl sites for hydroxylation is 8. The van der Waals surface area contributed by atoms with Crippen molar-refractivity contribution in [3.8, 4) is 17.2 Å². The lowest BCUT2D eigenvalue weighted by Crippen LogP contribution is -2.38. The molecular formula is C48H70O6. The maximum atomic E-state index is 5.69. The van der Waals surface area contributed by atoms with Gasteiger partial charge in [-0.05, 0) is 135 Å². The molecule has 7 rings (SSSR count). The summed E-state index contributed by atoms with van der Waals surface area (Å²) in [5.74, 6) is 2.89. The molecule has 4 aromatic rings. The van der Waals surface area contributed by atoms with E-state index in [9.17, 15) is 0 Å². The van der Waals surface area contributed by atoms with Crippen molar-refractivity contribution in [1.82, 2.24) is 0 Å². The summed E-state index contributed by atoms with van der Waals surface area (Å²) in [5.41, 5.74) is 10.3. The Hall–Kier alpha value is -3.84. The minimum Gasteiger partial charge on any atom is -0.486 e. The Labute approximate surface area is 328 Å². The number of ether oxygens (including phenoxy) is 6. The highest BCUT2D eigenvalue weighted by Gasteiger charge is 2.21. The Bertz CT molecular complexity index is 1350. The van der Waals surface area contributed by atoms with E-state index in [1.54, 1.807) is 0 Å². The molecule has 298 valence electrons. The van der Waals surface area contributed by atoms with Crippen LogP contribution in [-0.4, -0.2) is 58.0 Å². The van der Waals surface area contributed by atoms with Crippen LogP contribution in [-0.2, 0) is 27.1 Å². The number of hydrogen-bond donors (Lipinski definition) is 0. The smallest absolute Gasteiger partial charge is 0.145 e. The van der Waals surface area contributed by atoms with Crippen LogP contribution >= 0.6 is 0 Å². The molecule has 3 fully saturated rings. The van der Waals surface area contributed by atoms with Crippen LogP contribution in [0.1, 0.15) is 92.5 Å². The van der Waals surface area contributed by atoms with E-state index >= 15 is 0 Å². The highest BCUT2D eigenvalue weighted by Crippen LogP contribution is 2.22. The van der Waals surface area contributed by atoms with E-state index in [2.05, 4.69) is 148 Å². The first-order valence-corrected chi connectivity index (χ1v) is 20.1. The molecule has 0 bridgehead atoms. The summed E-state index contributed by atoms with van der Waals surface area (Å²) in [6.07, 6.45) is 4.33. The second-order valence-electron chi connectivity index (χ2n) is 14.0. The van der Waals surface area contributed by atoms with E-state index < -0.39 is 0 Å². The van der Waals surface area contributed by atoms with Crippen LogP contribution in [0.4, 0.5) is 0 Å². The van der Waals surface area contributed by atoms with Gasteiger partial charge in [0.15, 0.2) is 0 Å². The standard InChI is InChI=1S/3C11H14O2.C10H14.C3H8.C2H6/c3*1-8-3-9(2)5-10(4-8)13-11-6-12-7-11;1-3-9-5-7-10(4-2)8-6-9;1-3-2;1-2/h3*3-5,11H,6-7H2,1-2H3;5-8H,3-4H2,1-2H3;3H2,1-2H3;1-2H3. The molecule has 0 N–H and O–H groups in total. The largest absolute Gasteiger partial charge is 0.486 e. The summed E-state index contributed by atoms with van der Waals surface area (Å²) in [6, 6.07) is 27.6. The third-order valence-corrected chi connectivity index (χ3v) is 8.16. The highest BCUT2D eigenvalue weighted by molar-refractivity contribution is 5.35. The van der Waals surface area contributed by atoms with Crippen molar-refractivity contribution in [3.63, 3.8) is 0 Å². The Morgan fingerprint density at radius 1 is 0.407 bits per heavy atom. The summed E-state index contributed by atoms with van der Waals surface area (Å²) >= 11 is 0. The molecule has 6 nitrogen and oxygen atoms in total. The third kappa shape index (κ3) is 18.5. The Morgan fingerprint density at radius 2 is 0.611 bits per heavy atom. The molecule has 0 aliphatic carbocycles. The first kappa shape index (κ1) is 46.3. The van der Waals surface area contributed by atoms with Crippen molar-refractivity contribution in [2.75, 3.05) is 39.6 Å². The van der Waals surface area contributed by atoms with Gasteiger partial charge in [0.25, 0.3) is 0 Å². The zero-order valence-electron chi connectivity index (χ0n) is 35.6. The number of hydrogen-bond acceptors (Lipinski definition) is 6. The van der Waals surface area contributed by atoms with Crippen LogP contribution in [0, 0.1) is 41.5 Å². The summed E-state index contributed by atoms with van der Waals surface area (Å²) < 4.78 is 32.2. The fourth-order valence-corrected chi connectivity index (χ4v) is 5.44. The first-order chi connectivity index (χ1) is 26.0. The summed E-state index contributed by atoms with van der Waals surface area (Å²) in [5, 5.41) is 0. The lowest BCUT2D eigenvalue weighted by molar-refractivity contribution is -0.0797. The number of benzene rings is 4. The molecule has 6 heteroatoms. The lowest BCUT2D eigenvalue weighted by Gasteiger charge is -2.27. The summed E-state index contributed by atoms with van der Waals surface area (Å²) in [4.78, 5) is 0. The topological polar surface area (TPSA) is 55.4 Å². The second kappa shape index (κ2) is 26.0. The van der Waals surface area contributed by atoms with Crippen molar-refractivity contribution in [2.45, 2.75) is 121 Å². The van der Waals surface area contributed by atoms with Crippen molar-refractivity contribution >= 4 is 0 Å². The quantitative estimate of drug-likeness (QED) is 0.179. The van der Waals surface area contributed by atoms with E-state index in [-0.39, 0.29) is 18.3 Å². The molecule has 0 unspecified atom stereocenters. The average Bonchev–Trinajstić information content (AvgIpc) is 3.07. The zero-order valence-corrected chi connectivity index (χ0v) is 35.6. The van der Waals surface area contributed by atoms with Crippen molar-refractivity contribution < 1.29 is 28.4 Å². The minimum absolute atomic E-state index is 0.265. The van der Waals surface area contributed by atoms with Crippen LogP contribution in [0.5, 0.6) is 17.2 Å². The molecule has 0 spiro atoms. The molecule has 3 aliphatic rings. The molecular weight excluding hydrogens is 673 g/mol. The summed E-state index contributed by atoms with van der Waals surface area (Å²) in [7, 11) is 0. The average molecular weight is 743 g/mol. The molecule has 0 saturated carbocycles. The van der Waals surface area contributed by atoms with Gasteiger partial charge in [0, 0.05) is 0 Å². The molecule has 3 aliphatic heterocycles. The molecule has 0 radical (unpaired) electrons. The molecule has 0 aromatic heterocycles. The molecule has 0 amide bonds. The second-order valence-corrected chi connectivity index (χ2v) is 14.0. The van der Waals surface area contributed by atoms with Crippen molar-refractivity contribution in [2.24, 2.45) is 0 Å². The van der Waals surface area contributed by atoms with Crippen LogP contribution in [0.25, 0.3) is 0 Å². The molecule has 3 saturated heterocycles. The Balaban J connectivity index is 0.000000240. The summed E-state index contributed by atoms with van der Waals surface area (Å²) in [6.45, 7) is 29.5. The van der Waals surface area contributed by atoms with E-state index in [0.717, 1.165) is 69.7 Å². The predicted molar refractivity (Wildman–Crippen MR) is 226 cm³/mol. The highest BCUT2D eigenvalue weighted by atomic mass is 16.6. The van der Waals surface area contributed by atoms with Gasteiger partial charge in [0.05, 0.1) is 39.6 Å². The third-order valence-electron chi connectivity index (χ3n) is 8.16. The Morgan fingerprint density at radius 3 is 0.759 bits per heavy atom. The van der Waals surface area contributed by atoms with Crippen LogP contribution in [0.15, 0.2) is 78.9 Å². The van der Waals surface area contributed by atoms with Gasteiger partial charge in [-0.1, -0.05) is 90.4 Å². The van der Waals surface area contributed by atoms with Gasteiger partial charge >= 0.3 is 0 Å². The molecule has 4 aromatic carbocycles. The van der Waals surface area contributed by atoms with Gasteiger partial charge in [0.2, 0.25) is 0 Å². The predicted octanol–water partition coefficient (Wildman–Crippen LogP) is 11.5. The van der Waals surface area contributed by atoms with Crippen molar-refractivity contribution in [3.05, 3.63) is 123 Å². The monoisotopic (exact) mass is 743 g/mol. The van der Waals surface area contributed by atoms with Crippen molar-refractivity contribution in [1.29, 1.82) is 0 Å². The Kier molecular flexibility index (Phi) is 22.3. The number of rotatable bonds is 8. The lowest BCUT2D eigenvalue weighted by atomic mass is 10.1. The van der Waals surface area contributed by atoms with Gasteiger partial charge < -0.3 is 28.4 Å². The van der Waals surface area contributed by atoms with Crippen LogP contribution < -0.4 is 14.2 Å². The maximum Gasteiger partial charge on any atom is 0.145 e. The van der Waals surface area contributed by atoms with Crippen LogP contribution in [0.3, 0.4) is 0 Å². The van der Waals surface area contributed by atoms with Gasteiger partial charge in [-0.25, -0.2) is 0 Å². The zero-order chi connectivity index (χ0) is 39.9. The van der Waals surface area contributed by atoms with Gasteiger partial charge in [-0.3, -0.25) is 0 Å². The molecule has 0 atom stereocenters. The fourth-order valence-electron chi connectivity index (χ4n) is 5.44. The van der Waals surface area contributed by atoms with E-state index in [1.165, 1.54) is 50.9 Å². The SMILES string of the molecule is CC.CCC.CCc1ccc(CC)cc1.Cc1cc(C)cc(OC2COC2)c1.Cc1cc(C)cc(OC2COC2)c1.Cc1cc(C)cc(OC2COC2)c1. The van der Waals surface area contributed by atoms with Gasteiger partial charge in [0.1, 0.15) is 35.6 Å². The minimum atomic E-state index is 0.265. The van der Waals surface area contributed by atoms with Crippen LogP contribution in [0.2, 0.25) is 0 Å². The normalized spacial score (nSPS) is 14.4. The van der Waals surface area contributed by atoms with E-state index in [0.29, 0.717) is 0 Å². The molecule has 54 heavy (non-hydrogen) atoms. The van der Waals surface area contributed by atoms with E-state index in [4.69, 9.17) is 28.4 Å². The van der Waals surface area contributed by atoms with Gasteiger partial charge in [-0.2, -0.15) is 0 Å². The maximum absolute atomic E-state index is 5.69. The fraction of sp³-hybridized carbons (Fsp3) is 0.500. The first-order valence-electron chi connectivity index (χ1n) is 20.1. The molecule has 3 heterocycles. The van der Waals surface area contributed by atoms with Gasteiger partial charge in [-0.15, -0.1) is 0 Å². The van der Waals surface area contributed by atoms with E-state index in [1.807, 2.05) is 13.8 Å².